The molecule has 0 saturated carbocycles. The number of aryl methyl sites for hydroxylation is 2. The van der Waals surface area contributed by atoms with Crippen LogP contribution in [0.25, 0.3) is 0 Å². The lowest BCUT2D eigenvalue weighted by molar-refractivity contribution is -0.0178. The van der Waals surface area contributed by atoms with Gasteiger partial charge in [-0.1, -0.05) is 0 Å². The summed E-state index contributed by atoms with van der Waals surface area (Å²) in [7, 11) is 2.01. The molecule has 0 aromatic carbocycles. The topological polar surface area (TPSA) is 67.8 Å². The van der Waals surface area contributed by atoms with Crippen LogP contribution in [-0.2, 0) is 18.3 Å². The van der Waals surface area contributed by atoms with Crippen molar-refractivity contribution in [2.24, 2.45) is 7.05 Å². The van der Waals surface area contributed by atoms with Crippen LogP contribution in [-0.4, -0.2) is 32.4 Å². The van der Waals surface area contributed by atoms with E-state index in [1.54, 1.807) is 0 Å². The van der Waals surface area contributed by atoms with E-state index in [0.29, 0.717) is 6.04 Å². The quantitative estimate of drug-likeness (QED) is 0.886. The molecule has 0 aliphatic carbocycles. The Bertz CT molecular complexity index is 561. The highest BCUT2D eigenvalue weighted by molar-refractivity contribution is 5.14. The van der Waals surface area contributed by atoms with Gasteiger partial charge < -0.3 is 14.6 Å². The number of hydrogen-bond donors (Lipinski definition) is 2. The summed E-state index contributed by atoms with van der Waals surface area (Å²) in [5.74, 6) is 0.992. The van der Waals surface area contributed by atoms with Crippen molar-refractivity contribution in [1.29, 1.82) is 0 Å². The predicted molar refractivity (Wildman–Crippen MR) is 75.1 cm³/mol. The Morgan fingerprint density at radius 3 is 3.15 bits per heavy atom. The summed E-state index contributed by atoms with van der Waals surface area (Å²) < 4.78 is 7.98. The number of H-pyrrole nitrogens is 1. The van der Waals surface area contributed by atoms with E-state index in [9.17, 15) is 0 Å². The number of ether oxygens (including phenoxy) is 1. The number of aromatic nitrogens is 4. The molecule has 2 atom stereocenters. The molecule has 20 heavy (non-hydrogen) atoms. The number of rotatable bonds is 4. The number of nitrogens with one attached hydrogen (secondary N) is 2. The van der Waals surface area contributed by atoms with Crippen LogP contribution < -0.4 is 5.32 Å². The maximum absolute atomic E-state index is 5.95. The number of nitrogens with zero attached hydrogens (tertiary/aromatic N) is 3. The van der Waals surface area contributed by atoms with Crippen LogP contribution in [0.1, 0.15) is 36.0 Å². The van der Waals surface area contributed by atoms with Crippen LogP contribution in [0.5, 0.6) is 0 Å². The van der Waals surface area contributed by atoms with Gasteiger partial charge in [0, 0.05) is 49.9 Å². The van der Waals surface area contributed by atoms with Crippen molar-refractivity contribution in [3.8, 4) is 0 Å². The molecular weight excluding hydrogens is 254 g/mol. The van der Waals surface area contributed by atoms with Gasteiger partial charge in [0.15, 0.2) is 0 Å². The first kappa shape index (κ1) is 13.3. The molecule has 1 saturated heterocycles. The summed E-state index contributed by atoms with van der Waals surface area (Å²) in [5.41, 5.74) is 2.32. The smallest absolute Gasteiger partial charge is 0.139 e. The SMILES string of the molecule is Cc1[nH]ncc1CN[C@H]1CCCO[C@@H]1c1nccn1C. The van der Waals surface area contributed by atoms with Crippen molar-refractivity contribution >= 4 is 0 Å². The van der Waals surface area contributed by atoms with E-state index in [0.717, 1.165) is 37.5 Å². The summed E-state index contributed by atoms with van der Waals surface area (Å²) in [4.78, 5) is 4.43. The third-order valence-corrected chi connectivity index (χ3v) is 3.92. The molecule has 0 spiro atoms. The third-order valence-electron chi connectivity index (χ3n) is 3.92. The van der Waals surface area contributed by atoms with Gasteiger partial charge in [-0.25, -0.2) is 4.98 Å². The summed E-state index contributed by atoms with van der Waals surface area (Å²) in [6.07, 6.45) is 7.88. The van der Waals surface area contributed by atoms with Crippen LogP contribution in [0.4, 0.5) is 0 Å². The summed E-state index contributed by atoms with van der Waals surface area (Å²) in [6.45, 7) is 3.65. The Morgan fingerprint density at radius 1 is 1.55 bits per heavy atom. The molecule has 0 unspecified atom stereocenters. The maximum Gasteiger partial charge on any atom is 0.139 e. The van der Waals surface area contributed by atoms with Crippen LogP contribution in [0, 0.1) is 6.92 Å². The number of imidazole rings is 1. The molecule has 2 aromatic rings. The molecule has 1 fully saturated rings. The molecule has 2 N–H and O–H groups in total. The van der Waals surface area contributed by atoms with E-state index in [2.05, 4.69) is 20.5 Å². The second kappa shape index (κ2) is 5.76. The molecular formula is C14H21N5O. The fourth-order valence-corrected chi connectivity index (χ4v) is 2.69. The van der Waals surface area contributed by atoms with Gasteiger partial charge in [0.05, 0.1) is 6.20 Å². The van der Waals surface area contributed by atoms with E-state index in [1.165, 1.54) is 5.56 Å². The lowest BCUT2D eigenvalue weighted by Gasteiger charge is -2.32. The minimum Gasteiger partial charge on any atom is -0.369 e. The van der Waals surface area contributed by atoms with Gasteiger partial charge in [-0.2, -0.15) is 5.10 Å². The summed E-state index contributed by atoms with van der Waals surface area (Å²) in [5, 5.41) is 10.6. The molecule has 0 radical (unpaired) electrons. The largest absolute Gasteiger partial charge is 0.369 e. The molecule has 2 aromatic heterocycles. The second-order valence-electron chi connectivity index (χ2n) is 5.34. The molecule has 0 bridgehead atoms. The molecule has 1 aliphatic rings. The number of hydrogen-bond acceptors (Lipinski definition) is 4. The van der Waals surface area contributed by atoms with Gasteiger partial charge in [-0.3, -0.25) is 5.10 Å². The van der Waals surface area contributed by atoms with Crippen LogP contribution in [0.15, 0.2) is 18.6 Å². The average molecular weight is 275 g/mol. The first-order chi connectivity index (χ1) is 9.75. The maximum atomic E-state index is 5.95. The fourth-order valence-electron chi connectivity index (χ4n) is 2.69. The zero-order chi connectivity index (χ0) is 13.9. The summed E-state index contributed by atoms with van der Waals surface area (Å²) in [6, 6.07) is 0.291. The van der Waals surface area contributed by atoms with Crippen molar-refractivity contribution in [1.82, 2.24) is 25.1 Å². The van der Waals surface area contributed by atoms with Crippen molar-refractivity contribution in [2.45, 2.75) is 38.5 Å². The fraction of sp³-hybridized carbons (Fsp3) is 0.571. The predicted octanol–water partition coefficient (Wildman–Crippen LogP) is 1.46. The van der Waals surface area contributed by atoms with Gasteiger partial charge >= 0.3 is 0 Å². The van der Waals surface area contributed by atoms with Crippen LogP contribution in [0.3, 0.4) is 0 Å². The van der Waals surface area contributed by atoms with Gasteiger partial charge in [0.2, 0.25) is 0 Å². The Balaban J connectivity index is 1.70. The van der Waals surface area contributed by atoms with Gasteiger partial charge in [0.25, 0.3) is 0 Å². The van der Waals surface area contributed by atoms with E-state index in [-0.39, 0.29) is 6.10 Å². The lowest BCUT2D eigenvalue weighted by Crippen LogP contribution is -2.40. The first-order valence-corrected chi connectivity index (χ1v) is 7.07. The monoisotopic (exact) mass is 275 g/mol. The molecule has 3 rings (SSSR count). The van der Waals surface area contributed by atoms with E-state index in [4.69, 9.17) is 4.74 Å². The molecule has 1 aliphatic heterocycles. The highest BCUT2D eigenvalue weighted by Gasteiger charge is 2.29. The van der Waals surface area contributed by atoms with Crippen LogP contribution in [0.2, 0.25) is 0 Å². The standard InChI is InChI=1S/C14H21N5O/c1-10-11(9-17-18-10)8-16-12-4-3-7-20-13(12)14-15-5-6-19(14)2/h5-6,9,12-13,16H,3-4,7-8H2,1-2H3,(H,17,18)/t12-,13-/m0/s1. The highest BCUT2D eigenvalue weighted by atomic mass is 16.5. The van der Waals surface area contributed by atoms with Gasteiger partial charge in [-0.15, -0.1) is 0 Å². The lowest BCUT2D eigenvalue weighted by atomic mass is 10.0. The molecule has 3 heterocycles. The highest BCUT2D eigenvalue weighted by Crippen LogP contribution is 2.27. The van der Waals surface area contributed by atoms with Crippen molar-refractivity contribution in [3.63, 3.8) is 0 Å². The molecule has 0 amide bonds. The van der Waals surface area contributed by atoms with E-state index < -0.39 is 0 Å². The Kier molecular flexibility index (Phi) is 3.84. The van der Waals surface area contributed by atoms with Gasteiger partial charge in [0.1, 0.15) is 11.9 Å². The van der Waals surface area contributed by atoms with E-state index >= 15 is 0 Å². The molecule has 6 heteroatoms. The summed E-state index contributed by atoms with van der Waals surface area (Å²) >= 11 is 0. The normalized spacial score (nSPS) is 23.1. The Labute approximate surface area is 118 Å². The van der Waals surface area contributed by atoms with Crippen molar-refractivity contribution in [2.75, 3.05) is 6.61 Å². The van der Waals surface area contributed by atoms with Crippen molar-refractivity contribution in [3.05, 3.63) is 35.7 Å². The minimum atomic E-state index is 0.0240. The zero-order valence-electron chi connectivity index (χ0n) is 12.0. The average Bonchev–Trinajstić information content (AvgIpc) is 3.06. The van der Waals surface area contributed by atoms with Crippen LogP contribution >= 0.6 is 0 Å². The van der Waals surface area contributed by atoms with E-state index in [1.807, 2.05) is 37.1 Å². The minimum absolute atomic E-state index is 0.0240. The molecule has 108 valence electrons. The Morgan fingerprint density at radius 2 is 2.45 bits per heavy atom. The van der Waals surface area contributed by atoms with Gasteiger partial charge in [-0.05, 0) is 19.8 Å². The zero-order valence-corrected chi connectivity index (χ0v) is 12.0. The van der Waals surface area contributed by atoms with Crippen molar-refractivity contribution < 1.29 is 4.74 Å². The third kappa shape index (κ3) is 2.62. The number of aromatic amines is 1. The second-order valence-corrected chi connectivity index (χ2v) is 5.34. The molecule has 6 nitrogen and oxygen atoms in total. The Hall–Kier alpha value is -1.66. The first-order valence-electron chi connectivity index (χ1n) is 7.07.